The molecule has 0 aliphatic carbocycles. The highest BCUT2D eigenvalue weighted by Gasteiger charge is 2.24. The number of thioether (sulfide) groups is 1. The number of rotatable bonds is 5. The smallest absolute Gasteiger partial charge is 0.251 e. The fourth-order valence-corrected chi connectivity index (χ4v) is 3.01. The Morgan fingerprint density at radius 1 is 1.30 bits per heavy atom. The zero-order valence-electron chi connectivity index (χ0n) is 13.1. The molecule has 0 aromatic heterocycles. The molecule has 23 heavy (non-hydrogen) atoms. The number of hydrogen-bond acceptors (Lipinski definition) is 4. The highest BCUT2D eigenvalue weighted by atomic mass is 35.5. The molecule has 0 saturated carbocycles. The van der Waals surface area contributed by atoms with Gasteiger partial charge in [0.2, 0.25) is 5.91 Å². The maximum Gasteiger partial charge on any atom is 0.251 e. The first-order valence-electron chi connectivity index (χ1n) is 7.50. The number of amidine groups is 1. The van der Waals surface area contributed by atoms with Crippen LogP contribution in [0.4, 0.5) is 0 Å². The topological polar surface area (TPSA) is 70.6 Å². The van der Waals surface area contributed by atoms with Crippen LogP contribution in [0.15, 0.2) is 29.3 Å². The van der Waals surface area contributed by atoms with Crippen LogP contribution in [-0.4, -0.2) is 35.3 Å². The average molecular weight is 354 g/mol. The second kappa shape index (κ2) is 8.36. The first-order valence-corrected chi connectivity index (χ1v) is 8.86. The van der Waals surface area contributed by atoms with Gasteiger partial charge >= 0.3 is 0 Å². The third kappa shape index (κ3) is 5.55. The molecule has 2 N–H and O–H groups in total. The molecular weight excluding hydrogens is 334 g/mol. The minimum atomic E-state index is -0.595. The maximum absolute atomic E-state index is 12.4. The van der Waals surface area contributed by atoms with E-state index in [1.165, 1.54) is 11.8 Å². The number of nitrogens with zero attached hydrogens (tertiary/aromatic N) is 1. The molecule has 0 spiro atoms. The molecule has 0 fully saturated rings. The lowest BCUT2D eigenvalue weighted by Crippen LogP contribution is -2.48. The summed E-state index contributed by atoms with van der Waals surface area (Å²) in [4.78, 5) is 28.9. The van der Waals surface area contributed by atoms with E-state index in [1.54, 1.807) is 24.3 Å². The largest absolute Gasteiger partial charge is 0.340 e. The standard InChI is InChI=1S/C16H20ClN3O2S/c1-10(2)9-13(15(22)20-16-18-7-8-23-16)19-14(21)11-3-5-12(17)6-4-11/h3-6,10,13H,7-9H2,1-2H3,(H,19,21)(H,18,20,22). The number of hydrogen-bond donors (Lipinski definition) is 2. The van der Waals surface area contributed by atoms with Crippen LogP contribution in [-0.2, 0) is 4.79 Å². The molecule has 1 unspecified atom stereocenters. The maximum atomic E-state index is 12.4. The van der Waals surface area contributed by atoms with Crippen LogP contribution >= 0.6 is 23.4 Å². The zero-order chi connectivity index (χ0) is 16.8. The van der Waals surface area contributed by atoms with Crippen LogP contribution in [0.25, 0.3) is 0 Å². The number of amides is 2. The average Bonchev–Trinajstić information content (AvgIpc) is 2.99. The fraction of sp³-hybridized carbons (Fsp3) is 0.438. The van der Waals surface area contributed by atoms with Gasteiger partial charge in [0.1, 0.15) is 6.04 Å². The quantitative estimate of drug-likeness (QED) is 0.855. The van der Waals surface area contributed by atoms with Gasteiger partial charge in [-0.3, -0.25) is 14.6 Å². The lowest BCUT2D eigenvalue weighted by atomic mass is 10.0. The normalized spacial score (nSPS) is 15.2. The highest BCUT2D eigenvalue weighted by molar-refractivity contribution is 8.14. The molecule has 124 valence electrons. The van der Waals surface area contributed by atoms with E-state index in [-0.39, 0.29) is 17.7 Å². The molecule has 0 saturated heterocycles. The van der Waals surface area contributed by atoms with Gasteiger partial charge in [0.05, 0.1) is 6.54 Å². The van der Waals surface area contributed by atoms with E-state index in [2.05, 4.69) is 15.6 Å². The lowest BCUT2D eigenvalue weighted by Gasteiger charge is -2.20. The van der Waals surface area contributed by atoms with Crippen molar-refractivity contribution in [3.8, 4) is 0 Å². The van der Waals surface area contributed by atoms with Gasteiger partial charge in [0, 0.05) is 16.3 Å². The van der Waals surface area contributed by atoms with Crippen molar-refractivity contribution < 1.29 is 9.59 Å². The molecule has 0 radical (unpaired) electrons. The Bertz CT molecular complexity index is 602. The van der Waals surface area contributed by atoms with E-state index in [1.807, 2.05) is 13.8 Å². The van der Waals surface area contributed by atoms with Crippen molar-refractivity contribution in [2.24, 2.45) is 10.9 Å². The summed E-state index contributed by atoms with van der Waals surface area (Å²) in [5, 5.41) is 6.78. The number of carbonyl (C=O) groups is 2. The Labute approximate surface area is 145 Å². The fourth-order valence-electron chi connectivity index (χ4n) is 2.15. The van der Waals surface area contributed by atoms with Gasteiger partial charge in [-0.2, -0.15) is 0 Å². The summed E-state index contributed by atoms with van der Waals surface area (Å²) in [6.07, 6.45) is 0.559. The Morgan fingerprint density at radius 3 is 2.57 bits per heavy atom. The number of aliphatic imine (C=N–C) groups is 1. The molecule has 1 atom stereocenters. The van der Waals surface area contributed by atoms with Crippen molar-refractivity contribution in [3.05, 3.63) is 34.9 Å². The number of carbonyl (C=O) groups excluding carboxylic acids is 2. The summed E-state index contributed by atoms with van der Waals surface area (Å²) in [6.45, 7) is 4.74. The van der Waals surface area contributed by atoms with Crippen LogP contribution in [0.2, 0.25) is 5.02 Å². The first-order chi connectivity index (χ1) is 11.0. The summed E-state index contributed by atoms with van der Waals surface area (Å²) in [5.41, 5.74) is 0.475. The van der Waals surface area contributed by atoms with Gasteiger partial charge in [0.15, 0.2) is 5.17 Å². The number of halogens is 1. The van der Waals surface area contributed by atoms with Crippen LogP contribution in [0.1, 0.15) is 30.6 Å². The Morgan fingerprint density at radius 2 is 2.00 bits per heavy atom. The first kappa shape index (κ1) is 17.8. The summed E-state index contributed by atoms with van der Waals surface area (Å²) in [6, 6.07) is 5.98. The SMILES string of the molecule is CC(C)CC(NC(=O)c1ccc(Cl)cc1)C(=O)NC1=NCCS1. The molecule has 7 heteroatoms. The second-order valence-electron chi connectivity index (χ2n) is 5.69. The summed E-state index contributed by atoms with van der Waals surface area (Å²) < 4.78 is 0. The second-order valence-corrected chi connectivity index (χ2v) is 7.21. The van der Waals surface area contributed by atoms with Crippen LogP contribution in [0.3, 0.4) is 0 Å². The van der Waals surface area contributed by atoms with Gasteiger partial charge in [-0.05, 0) is 36.6 Å². The van der Waals surface area contributed by atoms with Crippen molar-refractivity contribution in [3.63, 3.8) is 0 Å². The van der Waals surface area contributed by atoms with Crippen LogP contribution in [0, 0.1) is 5.92 Å². The van der Waals surface area contributed by atoms with Crippen molar-refractivity contribution in [2.75, 3.05) is 12.3 Å². The van der Waals surface area contributed by atoms with E-state index >= 15 is 0 Å². The van der Waals surface area contributed by atoms with Gasteiger partial charge in [-0.15, -0.1) is 0 Å². The van der Waals surface area contributed by atoms with E-state index < -0.39 is 6.04 Å². The molecule has 2 rings (SSSR count). The van der Waals surface area contributed by atoms with Crippen molar-refractivity contribution >= 4 is 40.3 Å². The summed E-state index contributed by atoms with van der Waals surface area (Å²) >= 11 is 7.34. The van der Waals surface area contributed by atoms with Gasteiger partial charge in [-0.25, -0.2) is 0 Å². The van der Waals surface area contributed by atoms with Gasteiger partial charge in [-0.1, -0.05) is 37.2 Å². The third-order valence-corrected chi connectivity index (χ3v) is 4.39. The van der Waals surface area contributed by atoms with Crippen molar-refractivity contribution in [1.82, 2.24) is 10.6 Å². The lowest BCUT2D eigenvalue weighted by molar-refractivity contribution is -0.121. The van der Waals surface area contributed by atoms with Crippen molar-refractivity contribution in [2.45, 2.75) is 26.3 Å². The number of nitrogens with one attached hydrogen (secondary N) is 2. The van der Waals surface area contributed by atoms with E-state index in [4.69, 9.17) is 11.6 Å². The minimum absolute atomic E-state index is 0.228. The highest BCUT2D eigenvalue weighted by Crippen LogP contribution is 2.13. The Balaban J connectivity index is 2.03. The summed E-state index contributed by atoms with van der Waals surface area (Å²) in [7, 11) is 0. The predicted molar refractivity (Wildman–Crippen MR) is 95.1 cm³/mol. The predicted octanol–water partition coefficient (Wildman–Crippen LogP) is 2.70. The van der Waals surface area contributed by atoms with Gasteiger partial charge in [0.25, 0.3) is 5.91 Å². The molecule has 1 aliphatic heterocycles. The van der Waals surface area contributed by atoms with Crippen molar-refractivity contribution in [1.29, 1.82) is 0 Å². The molecule has 1 aromatic carbocycles. The number of benzene rings is 1. The van der Waals surface area contributed by atoms with E-state index in [0.717, 1.165) is 5.75 Å². The van der Waals surface area contributed by atoms with E-state index in [9.17, 15) is 9.59 Å². The molecule has 1 heterocycles. The molecule has 1 aliphatic rings. The Hall–Kier alpha value is -1.53. The monoisotopic (exact) mass is 353 g/mol. The van der Waals surface area contributed by atoms with E-state index in [0.29, 0.717) is 28.7 Å². The van der Waals surface area contributed by atoms with Crippen LogP contribution < -0.4 is 10.6 Å². The molecule has 1 aromatic rings. The summed E-state index contributed by atoms with van der Waals surface area (Å²) in [5.74, 6) is 0.633. The molecule has 0 bridgehead atoms. The van der Waals surface area contributed by atoms with Crippen LogP contribution in [0.5, 0.6) is 0 Å². The molecular formula is C16H20ClN3O2S. The molecule has 5 nitrogen and oxygen atoms in total. The van der Waals surface area contributed by atoms with Gasteiger partial charge < -0.3 is 10.6 Å². The third-order valence-electron chi connectivity index (χ3n) is 3.25. The molecule has 2 amide bonds. The minimum Gasteiger partial charge on any atom is -0.340 e. The zero-order valence-corrected chi connectivity index (χ0v) is 14.7. The Kier molecular flexibility index (Phi) is 6.47.